The van der Waals surface area contributed by atoms with E-state index in [9.17, 15) is 33.0 Å². The molecule has 0 amide bonds. The minimum atomic E-state index is -4.97. The zero-order chi connectivity index (χ0) is 27.4. The Morgan fingerprint density at radius 2 is 1.97 bits per heavy atom. The van der Waals surface area contributed by atoms with Gasteiger partial charge in [0.05, 0.1) is 23.4 Å². The third-order valence-electron chi connectivity index (χ3n) is 6.98. The molecule has 1 saturated heterocycles. The molecule has 1 aliphatic carbocycles. The fourth-order valence-electron chi connectivity index (χ4n) is 5.18. The number of rotatable bonds is 8. The molecule has 1 aliphatic heterocycles. The second kappa shape index (κ2) is 10.1. The Morgan fingerprint density at radius 3 is 2.68 bits per heavy atom. The van der Waals surface area contributed by atoms with E-state index in [1.165, 1.54) is 23.4 Å². The predicted octanol–water partition coefficient (Wildman–Crippen LogP) is 1.53. The maximum Gasteiger partial charge on any atom is 0.343 e. The van der Waals surface area contributed by atoms with Gasteiger partial charge in [-0.1, -0.05) is 31.2 Å². The minimum absolute atomic E-state index is 0.0195. The fraction of sp³-hybridized carbons (Fsp3) is 0.500. The van der Waals surface area contributed by atoms with Gasteiger partial charge in [-0.3, -0.25) is 4.57 Å². The number of fused-ring (bicyclic) bond motifs is 2. The van der Waals surface area contributed by atoms with Crippen LogP contribution in [0.15, 0.2) is 30.5 Å². The number of benzene rings is 1. The van der Waals surface area contributed by atoms with E-state index in [0.29, 0.717) is 11.2 Å². The first-order valence-electron chi connectivity index (χ1n) is 11.9. The number of sulfone groups is 1. The molecular weight excluding hydrogens is 561 g/mol. The summed E-state index contributed by atoms with van der Waals surface area (Å²) in [7, 11) is -9.37. The molecule has 2 aliphatic rings. The monoisotopic (exact) mass is 587 g/mol. The second-order valence-electron chi connectivity index (χ2n) is 9.43. The topological polar surface area (TPSA) is 197 Å². The van der Waals surface area contributed by atoms with Crippen LogP contribution in [0.25, 0.3) is 11.0 Å². The van der Waals surface area contributed by atoms with Crippen molar-refractivity contribution in [2.24, 2.45) is 0 Å². The van der Waals surface area contributed by atoms with Crippen LogP contribution in [0.3, 0.4) is 0 Å². The van der Waals surface area contributed by atoms with E-state index in [1.54, 1.807) is 0 Å². The zero-order valence-corrected chi connectivity index (χ0v) is 22.6. The number of aliphatic hydroxyl groups is 2. The van der Waals surface area contributed by atoms with Crippen LogP contribution in [-0.4, -0.2) is 77.2 Å². The van der Waals surface area contributed by atoms with Gasteiger partial charge in [0.1, 0.15) is 24.1 Å². The Labute approximate surface area is 222 Å². The van der Waals surface area contributed by atoms with Crippen molar-refractivity contribution in [2.75, 3.05) is 11.1 Å². The van der Waals surface area contributed by atoms with Crippen molar-refractivity contribution >= 4 is 45.9 Å². The molecule has 2 aromatic heterocycles. The van der Waals surface area contributed by atoms with Gasteiger partial charge in [0.2, 0.25) is 5.28 Å². The molecule has 13 nitrogen and oxygen atoms in total. The smallest absolute Gasteiger partial charge is 0.343 e. The van der Waals surface area contributed by atoms with E-state index in [0.717, 1.165) is 18.4 Å². The Hall–Kier alpha value is -2.16. The van der Waals surface area contributed by atoms with Crippen LogP contribution in [0.1, 0.15) is 43.2 Å². The largest absolute Gasteiger partial charge is 0.387 e. The highest BCUT2D eigenvalue weighted by Crippen LogP contribution is 2.47. The van der Waals surface area contributed by atoms with Gasteiger partial charge in [-0.15, -0.1) is 0 Å². The van der Waals surface area contributed by atoms with Gasteiger partial charge in [0, 0.05) is 0 Å². The van der Waals surface area contributed by atoms with Crippen molar-refractivity contribution in [3.63, 3.8) is 0 Å². The van der Waals surface area contributed by atoms with E-state index in [-0.39, 0.29) is 23.4 Å². The molecular formula is C22H27ClN5O8PS. The van der Waals surface area contributed by atoms with Gasteiger partial charge in [-0.2, -0.15) is 15.1 Å². The van der Waals surface area contributed by atoms with Gasteiger partial charge in [-0.25, -0.2) is 13.1 Å². The van der Waals surface area contributed by atoms with Crippen molar-refractivity contribution in [1.82, 2.24) is 19.7 Å². The molecule has 0 spiro atoms. The van der Waals surface area contributed by atoms with Gasteiger partial charge in [0.25, 0.3) is 0 Å². The average molecular weight is 588 g/mol. The first-order chi connectivity index (χ1) is 17.9. The lowest BCUT2D eigenvalue weighted by atomic mass is 10.1. The SMILES string of the molecule is CCC(P(=O)(O)O)S(=O)(=O)C[C@H]1O[C@@H](n2ncc3c(NC4CCc5ccccc54)nc(Cl)nc32)[C@H](O)[C@@H]1O. The quantitative estimate of drug-likeness (QED) is 0.188. The number of aryl methyl sites for hydroxylation is 1. The molecule has 1 aromatic carbocycles. The van der Waals surface area contributed by atoms with E-state index in [4.69, 9.17) is 16.3 Å². The summed E-state index contributed by atoms with van der Waals surface area (Å²) >= 11 is 6.21. The molecule has 206 valence electrons. The van der Waals surface area contributed by atoms with Crippen LogP contribution < -0.4 is 5.32 Å². The zero-order valence-electron chi connectivity index (χ0n) is 20.1. The van der Waals surface area contributed by atoms with E-state index in [1.807, 2.05) is 18.2 Å². The molecule has 5 rings (SSSR count). The van der Waals surface area contributed by atoms with E-state index < -0.39 is 52.7 Å². The number of hydrogen-bond donors (Lipinski definition) is 5. The second-order valence-corrected chi connectivity index (χ2v) is 14.1. The Kier molecular flexibility index (Phi) is 7.29. The Bertz CT molecular complexity index is 1510. The van der Waals surface area contributed by atoms with Crippen molar-refractivity contribution in [3.8, 4) is 0 Å². The number of hydrogen-bond acceptors (Lipinski definition) is 10. The summed E-state index contributed by atoms with van der Waals surface area (Å²) in [5, 5.41) is 29.3. The summed E-state index contributed by atoms with van der Waals surface area (Å²) in [6, 6.07) is 8.04. The summed E-state index contributed by atoms with van der Waals surface area (Å²) in [5.74, 6) is -0.499. The van der Waals surface area contributed by atoms with Gasteiger partial charge in [0.15, 0.2) is 26.7 Å². The molecule has 3 aromatic rings. The highest BCUT2D eigenvalue weighted by molar-refractivity contribution is 7.98. The lowest BCUT2D eigenvalue weighted by molar-refractivity contribution is -0.0365. The molecule has 0 radical (unpaired) electrons. The first kappa shape index (κ1) is 27.4. The molecule has 6 atom stereocenters. The molecule has 38 heavy (non-hydrogen) atoms. The molecule has 5 N–H and O–H groups in total. The van der Waals surface area contributed by atoms with Crippen LogP contribution in [0.5, 0.6) is 0 Å². The van der Waals surface area contributed by atoms with Crippen LogP contribution in [-0.2, 0) is 25.6 Å². The molecule has 0 saturated carbocycles. The third-order valence-corrected chi connectivity index (χ3v) is 12.0. The lowest BCUT2D eigenvalue weighted by Gasteiger charge is -2.20. The first-order valence-corrected chi connectivity index (χ1v) is 15.7. The summed E-state index contributed by atoms with van der Waals surface area (Å²) in [6.45, 7) is 1.33. The summed E-state index contributed by atoms with van der Waals surface area (Å²) < 4.78 is 44.0. The summed E-state index contributed by atoms with van der Waals surface area (Å²) in [6.07, 6.45) is -3.23. The number of aliphatic hydroxyl groups excluding tert-OH is 2. The predicted molar refractivity (Wildman–Crippen MR) is 137 cm³/mol. The van der Waals surface area contributed by atoms with Crippen molar-refractivity contribution < 1.29 is 37.7 Å². The van der Waals surface area contributed by atoms with Gasteiger partial charge in [-0.05, 0) is 42.0 Å². The molecule has 0 bridgehead atoms. The number of halogens is 1. The number of nitrogens with one attached hydrogen (secondary N) is 1. The number of anilines is 1. The van der Waals surface area contributed by atoms with E-state index in [2.05, 4.69) is 26.4 Å². The molecule has 16 heteroatoms. The van der Waals surface area contributed by atoms with Crippen molar-refractivity contribution in [1.29, 1.82) is 0 Å². The van der Waals surface area contributed by atoms with Crippen LogP contribution in [0.2, 0.25) is 5.28 Å². The molecule has 1 fully saturated rings. The normalized spacial score (nSPS) is 26.5. The maximum absolute atomic E-state index is 12.7. The summed E-state index contributed by atoms with van der Waals surface area (Å²) in [4.78, 5) is 25.5. The van der Waals surface area contributed by atoms with Crippen LogP contribution >= 0.6 is 19.2 Å². The van der Waals surface area contributed by atoms with Crippen molar-refractivity contribution in [3.05, 3.63) is 46.9 Å². The van der Waals surface area contributed by atoms with Crippen LogP contribution in [0, 0.1) is 0 Å². The number of aromatic nitrogens is 4. The number of nitrogens with zero attached hydrogens (tertiary/aromatic N) is 4. The fourth-order valence-corrected chi connectivity index (χ4v) is 9.21. The maximum atomic E-state index is 12.7. The van der Waals surface area contributed by atoms with E-state index >= 15 is 0 Å². The van der Waals surface area contributed by atoms with Crippen molar-refractivity contribution in [2.45, 2.75) is 61.8 Å². The lowest BCUT2D eigenvalue weighted by Crippen LogP contribution is -2.38. The average Bonchev–Trinajstić information content (AvgIpc) is 3.51. The van der Waals surface area contributed by atoms with Gasteiger partial charge >= 0.3 is 7.60 Å². The minimum Gasteiger partial charge on any atom is -0.387 e. The number of ether oxygens (including phenoxy) is 1. The standard InChI is InChI=1S/C22H27ClN5O8PS/c1-2-16(37(31,32)33)38(34,35)10-15-17(29)18(30)21(36-15)28-20-13(9-24-28)19(26-22(23)27-20)25-14-8-7-11-5-3-4-6-12(11)14/h3-6,9,14-18,21,29-30H,2,7-8,10H2,1H3,(H,25,26,27)(H2,31,32,33)/t14?,15-,16?,17-,18-,21-/m1/s1. The molecule has 2 unspecified atom stereocenters. The highest BCUT2D eigenvalue weighted by Gasteiger charge is 2.49. The Balaban J connectivity index is 1.42. The third kappa shape index (κ3) is 4.95. The van der Waals surface area contributed by atoms with Gasteiger partial charge < -0.3 is 30.1 Å². The highest BCUT2D eigenvalue weighted by atomic mass is 35.5. The summed E-state index contributed by atoms with van der Waals surface area (Å²) in [5.41, 5.74) is 2.56. The van der Waals surface area contributed by atoms with Crippen LogP contribution in [0.4, 0.5) is 5.82 Å². The Morgan fingerprint density at radius 1 is 1.24 bits per heavy atom. The molecule has 3 heterocycles.